The Morgan fingerprint density at radius 1 is 1.00 bits per heavy atom. The third-order valence-electron chi connectivity index (χ3n) is 3.58. The van der Waals surface area contributed by atoms with E-state index in [1.807, 2.05) is 6.92 Å². The van der Waals surface area contributed by atoms with Crippen LogP contribution in [0.15, 0.2) is 16.0 Å². The molecule has 1 heterocycles. The van der Waals surface area contributed by atoms with Crippen LogP contribution < -0.4 is 5.56 Å². The SMILES string of the molecule is CCCCCCCCCCCCSc1nc(C)cc(=O)[nH]1. The van der Waals surface area contributed by atoms with Crippen LogP contribution in [0.4, 0.5) is 0 Å². The molecule has 0 radical (unpaired) electrons. The van der Waals surface area contributed by atoms with Crippen molar-refractivity contribution in [1.29, 1.82) is 0 Å². The first-order chi connectivity index (χ1) is 10.2. The van der Waals surface area contributed by atoms with Crippen LogP contribution in [0.3, 0.4) is 0 Å². The van der Waals surface area contributed by atoms with Crippen LogP contribution in [-0.2, 0) is 0 Å². The molecule has 1 rings (SSSR count). The maximum atomic E-state index is 11.3. The van der Waals surface area contributed by atoms with Gasteiger partial charge in [0.2, 0.25) is 0 Å². The zero-order valence-electron chi connectivity index (χ0n) is 13.6. The summed E-state index contributed by atoms with van der Waals surface area (Å²) in [6.07, 6.45) is 13.6. The Hall–Kier alpha value is -0.770. The van der Waals surface area contributed by atoms with Crippen molar-refractivity contribution >= 4 is 11.8 Å². The van der Waals surface area contributed by atoms with Crippen LogP contribution in [0.5, 0.6) is 0 Å². The van der Waals surface area contributed by atoms with Crippen molar-refractivity contribution in [3.05, 3.63) is 22.1 Å². The minimum absolute atomic E-state index is 0.0481. The standard InChI is InChI=1S/C17H30N2OS/c1-3-4-5-6-7-8-9-10-11-12-13-21-17-18-15(2)14-16(20)19-17/h14H,3-13H2,1-2H3,(H,18,19,20). The molecular weight excluding hydrogens is 280 g/mol. The van der Waals surface area contributed by atoms with Gasteiger partial charge in [0.05, 0.1) is 0 Å². The summed E-state index contributed by atoms with van der Waals surface area (Å²) in [4.78, 5) is 18.4. The lowest BCUT2D eigenvalue weighted by Gasteiger charge is -2.03. The molecule has 1 aromatic rings. The second kappa shape index (κ2) is 11.8. The van der Waals surface area contributed by atoms with Crippen molar-refractivity contribution < 1.29 is 0 Å². The van der Waals surface area contributed by atoms with E-state index in [1.54, 1.807) is 11.8 Å². The van der Waals surface area contributed by atoms with Crippen molar-refractivity contribution in [3.8, 4) is 0 Å². The Balaban J connectivity index is 1.94. The average molecular weight is 311 g/mol. The molecule has 3 nitrogen and oxygen atoms in total. The average Bonchev–Trinajstić information content (AvgIpc) is 2.44. The molecule has 0 spiro atoms. The van der Waals surface area contributed by atoms with Gasteiger partial charge < -0.3 is 4.98 Å². The Labute approximate surface area is 133 Å². The Morgan fingerprint density at radius 3 is 2.14 bits per heavy atom. The normalized spacial score (nSPS) is 11.0. The predicted molar refractivity (Wildman–Crippen MR) is 92.2 cm³/mol. The fourth-order valence-corrected chi connectivity index (χ4v) is 3.30. The molecule has 4 heteroatoms. The number of nitrogens with zero attached hydrogens (tertiary/aromatic N) is 1. The predicted octanol–water partition coefficient (Wildman–Crippen LogP) is 5.09. The fraction of sp³-hybridized carbons (Fsp3) is 0.765. The number of hydrogen-bond acceptors (Lipinski definition) is 3. The maximum absolute atomic E-state index is 11.3. The molecule has 0 aromatic carbocycles. The van der Waals surface area contributed by atoms with Gasteiger partial charge in [-0.15, -0.1) is 0 Å². The minimum Gasteiger partial charge on any atom is -0.301 e. The topological polar surface area (TPSA) is 45.8 Å². The highest BCUT2D eigenvalue weighted by Crippen LogP contribution is 2.15. The highest BCUT2D eigenvalue weighted by Gasteiger charge is 1.99. The second-order valence-corrected chi connectivity index (χ2v) is 6.81. The summed E-state index contributed by atoms with van der Waals surface area (Å²) in [5.74, 6) is 1.04. The molecule has 120 valence electrons. The van der Waals surface area contributed by atoms with E-state index in [0.29, 0.717) is 0 Å². The maximum Gasteiger partial charge on any atom is 0.251 e. The lowest BCUT2D eigenvalue weighted by molar-refractivity contribution is 0.563. The number of aryl methyl sites for hydroxylation is 1. The van der Waals surface area contributed by atoms with Crippen LogP contribution in [0.1, 0.15) is 76.8 Å². The zero-order chi connectivity index (χ0) is 15.3. The van der Waals surface area contributed by atoms with Crippen LogP contribution in [0.2, 0.25) is 0 Å². The van der Waals surface area contributed by atoms with E-state index in [1.165, 1.54) is 70.3 Å². The highest BCUT2D eigenvalue weighted by atomic mass is 32.2. The Kier molecular flexibility index (Phi) is 10.3. The number of aromatic amines is 1. The Morgan fingerprint density at radius 2 is 1.57 bits per heavy atom. The summed E-state index contributed by atoms with van der Waals surface area (Å²) in [6.45, 7) is 4.12. The third-order valence-corrected chi connectivity index (χ3v) is 4.54. The third kappa shape index (κ3) is 9.72. The van der Waals surface area contributed by atoms with Gasteiger partial charge in [-0.1, -0.05) is 76.5 Å². The molecule has 0 amide bonds. The van der Waals surface area contributed by atoms with Crippen LogP contribution in [-0.4, -0.2) is 15.7 Å². The van der Waals surface area contributed by atoms with E-state index in [4.69, 9.17) is 0 Å². The van der Waals surface area contributed by atoms with E-state index in [-0.39, 0.29) is 5.56 Å². The summed E-state index contributed by atoms with van der Waals surface area (Å²) in [5, 5.41) is 0.760. The molecular formula is C17H30N2OS. The molecule has 0 bridgehead atoms. The van der Waals surface area contributed by atoms with E-state index < -0.39 is 0 Å². The quantitative estimate of drug-likeness (QED) is 0.332. The van der Waals surface area contributed by atoms with E-state index in [2.05, 4.69) is 16.9 Å². The molecule has 1 N–H and O–H groups in total. The van der Waals surface area contributed by atoms with Crippen molar-refractivity contribution in [1.82, 2.24) is 9.97 Å². The number of hydrogen-bond donors (Lipinski definition) is 1. The first-order valence-electron chi connectivity index (χ1n) is 8.43. The molecule has 0 atom stereocenters. The molecule has 1 aromatic heterocycles. The first kappa shape index (κ1) is 18.3. The van der Waals surface area contributed by atoms with Gasteiger partial charge in [0.15, 0.2) is 5.16 Å². The largest absolute Gasteiger partial charge is 0.301 e. The molecule has 0 unspecified atom stereocenters. The van der Waals surface area contributed by atoms with Crippen molar-refractivity contribution in [2.24, 2.45) is 0 Å². The molecule has 0 fully saturated rings. The minimum atomic E-state index is -0.0481. The molecule has 0 saturated carbocycles. The lowest BCUT2D eigenvalue weighted by atomic mass is 10.1. The van der Waals surface area contributed by atoms with Gasteiger partial charge in [0.1, 0.15) is 0 Å². The number of unbranched alkanes of at least 4 members (excludes halogenated alkanes) is 9. The number of thioether (sulfide) groups is 1. The van der Waals surface area contributed by atoms with E-state index >= 15 is 0 Å². The molecule has 0 aliphatic rings. The van der Waals surface area contributed by atoms with Crippen LogP contribution in [0, 0.1) is 6.92 Å². The lowest BCUT2D eigenvalue weighted by Crippen LogP contribution is -2.08. The van der Waals surface area contributed by atoms with E-state index in [9.17, 15) is 4.79 Å². The van der Waals surface area contributed by atoms with Crippen LogP contribution in [0.25, 0.3) is 0 Å². The summed E-state index contributed by atoms with van der Waals surface area (Å²) in [7, 11) is 0. The van der Waals surface area contributed by atoms with Gasteiger partial charge in [0, 0.05) is 17.5 Å². The van der Waals surface area contributed by atoms with Gasteiger partial charge in [-0.25, -0.2) is 4.98 Å². The number of rotatable bonds is 12. The summed E-state index contributed by atoms with van der Waals surface area (Å²) >= 11 is 1.66. The molecule has 21 heavy (non-hydrogen) atoms. The molecule has 0 aliphatic carbocycles. The van der Waals surface area contributed by atoms with Gasteiger partial charge in [0.25, 0.3) is 5.56 Å². The van der Waals surface area contributed by atoms with Gasteiger partial charge in [-0.2, -0.15) is 0 Å². The van der Waals surface area contributed by atoms with Crippen LogP contribution >= 0.6 is 11.8 Å². The van der Waals surface area contributed by atoms with Gasteiger partial charge >= 0.3 is 0 Å². The van der Waals surface area contributed by atoms with Crippen molar-refractivity contribution in [3.63, 3.8) is 0 Å². The first-order valence-corrected chi connectivity index (χ1v) is 9.41. The number of H-pyrrole nitrogens is 1. The van der Waals surface area contributed by atoms with Crippen molar-refractivity contribution in [2.45, 2.75) is 83.2 Å². The van der Waals surface area contributed by atoms with Gasteiger partial charge in [-0.3, -0.25) is 4.79 Å². The zero-order valence-corrected chi connectivity index (χ0v) is 14.4. The number of nitrogens with one attached hydrogen (secondary N) is 1. The summed E-state index contributed by atoms with van der Waals surface area (Å²) in [6, 6.07) is 1.53. The monoisotopic (exact) mass is 310 g/mol. The van der Waals surface area contributed by atoms with E-state index in [0.717, 1.165) is 16.6 Å². The Bertz CT molecular complexity index is 431. The molecule has 0 aliphatic heterocycles. The highest BCUT2D eigenvalue weighted by molar-refractivity contribution is 7.99. The fourth-order valence-electron chi connectivity index (χ4n) is 2.38. The molecule has 0 saturated heterocycles. The van der Waals surface area contributed by atoms with Gasteiger partial charge in [-0.05, 0) is 13.3 Å². The summed E-state index contributed by atoms with van der Waals surface area (Å²) < 4.78 is 0. The summed E-state index contributed by atoms with van der Waals surface area (Å²) in [5.41, 5.74) is 0.748. The second-order valence-electron chi connectivity index (χ2n) is 5.72. The van der Waals surface area contributed by atoms with Crippen molar-refractivity contribution in [2.75, 3.05) is 5.75 Å². The smallest absolute Gasteiger partial charge is 0.251 e. The number of aromatic nitrogens is 2.